The molecule has 2 aromatic carbocycles. The summed E-state index contributed by atoms with van der Waals surface area (Å²) in [5.41, 5.74) is -0.353. The van der Waals surface area contributed by atoms with Crippen LogP contribution < -0.4 is 16.0 Å². The number of carbonyl (C=O) groups is 2. The Kier molecular flexibility index (Phi) is 5.39. The van der Waals surface area contributed by atoms with E-state index in [0.29, 0.717) is 5.69 Å². The van der Waals surface area contributed by atoms with Crippen molar-refractivity contribution in [2.24, 2.45) is 0 Å². The summed E-state index contributed by atoms with van der Waals surface area (Å²) in [6.07, 6.45) is -1.06. The van der Waals surface area contributed by atoms with E-state index in [1.807, 2.05) is 6.07 Å². The normalized spacial score (nSPS) is 11.8. The highest BCUT2D eigenvalue weighted by molar-refractivity contribution is 5.96. The van der Waals surface area contributed by atoms with E-state index in [9.17, 15) is 19.2 Å². The highest BCUT2D eigenvalue weighted by Crippen LogP contribution is 2.13. The average Bonchev–Trinajstić information content (AvgIpc) is 2.71. The number of aromatic amines is 1. The lowest BCUT2D eigenvalue weighted by molar-refractivity contribution is -0.154. The summed E-state index contributed by atoms with van der Waals surface area (Å²) in [6.45, 7) is 0.942. The number of amides is 1. The standard InChI is InChI=1S/C20H19N3O5/c1-13(19(26)22(2)14-8-4-3-5-9-14)28-17(24)12-23-20(27)16-11-7-6-10-15(16)18(25)21-23/h3-11,13H,12H2,1-2H3,(H,21,25). The Balaban J connectivity index is 1.73. The molecule has 3 aromatic rings. The predicted octanol–water partition coefficient (Wildman–Crippen LogP) is 1.28. The van der Waals surface area contributed by atoms with E-state index >= 15 is 0 Å². The van der Waals surface area contributed by atoms with Crippen LogP contribution in [0.1, 0.15) is 6.92 Å². The Hall–Kier alpha value is -3.68. The van der Waals surface area contributed by atoms with Gasteiger partial charge in [0.25, 0.3) is 17.0 Å². The molecule has 0 aliphatic heterocycles. The maximum Gasteiger partial charge on any atom is 0.328 e. The van der Waals surface area contributed by atoms with Gasteiger partial charge in [-0.05, 0) is 31.2 Å². The Labute approximate surface area is 159 Å². The average molecular weight is 381 g/mol. The Morgan fingerprint density at radius 3 is 2.32 bits per heavy atom. The molecule has 1 heterocycles. The lowest BCUT2D eigenvalue weighted by Crippen LogP contribution is -2.39. The van der Waals surface area contributed by atoms with Gasteiger partial charge in [0.05, 0.1) is 10.8 Å². The molecule has 0 aliphatic carbocycles. The molecule has 144 valence electrons. The zero-order chi connectivity index (χ0) is 20.3. The van der Waals surface area contributed by atoms with E-state index in [2.05, 4.69) is 5.10 Å². The summed E-state index contributed by atoms with van der Waals surface area (Å²) in [7, 11) is 1.58. The molecule has 1 amide bonds. The first-order valence-corrected chi connectivity index (χ1v) is 8.62. The number of hydrogen-bond donors (Lipinski definition) is 1. The topological polar surface area (TPSA) is 101 Å². The SMILES string of the molecule is CC(OC(=O)Cn1[nH]c(=O)c2ccccc2c1=O)C(=O)N(C)c1ccccc1. The van der Waals surface area contributed by atoms with Crippen LogP contribution in [0.3, 0.4) is 0 Å². The van der Waals surface area contributed by atoms with Gasteiger partial charge < -0.3 is 9.64 Å². The van der Waals surface area contributed by atoms with E-state index in [-0.39, 0.29) is 10.8 Å². The number of H-pyrrole nitrogens is 1. The molecule has 3 rings (SSSR count). The van der Waals surface area contributed by atoms with Crippen LogP contribution in [0.25, 0.3) is 10.8 Å². The van der Waals surface area contributed by atoms with Crippen molar-refractivity contribution in [3.05, 3.63) is 75.3 Å². The van der Waals surface area contributed by atoms with Crippen LogP contribution in [-0.2, 0) is 20.9 Å². The quantitative estimate of drug-likeness (QED) is 0.671. The lowest BCUT2D eigenvalue weighted by atomic mass is 10.2. The van der Waals surface area contributed by atoms with E-state index in [0.717, 1.165) is 4.68 Å². The second-order valence-corrected chi connectivity index (χ2v) is 6.24. The zero-order valence-electron chi connectivity index (χ0n) is 15.4. The summed E-state index contributed by atoms with van der Waals surface area (Å²) >= 11 is 0. The van der Waals surface area contributed by atoms with Crippen LogP contribution in [-0.4, -0.2) is 34.8 Å². The molecule has 1 aromatic heterocycles. The van der Waals surface area contributed by atoms with Crippen LogP contribution in [0.5, 0.6) is 0 Å². The maximum atomic E-state index is 12.4. The Bertz CT molecular complexity index is 1130. The molecule has 0 radical (unpaired) electrons. The second kappa shape index (κ2) is 7.91. The predicted molar refractivity (Wildman–Crippen MR) is 104 cm³/mol. The van der Waals surface area contributed by atoms with Gasteiger partial charge in [-0.25, -0.2) is 4.68 Å². The molecule has 0 aliphatic rings. The van der Waals surface area contributed by atoms with Crippen molar-refractivity contribution in [1.29, 1.82) is 0 Å². The fourth-order valence-electron chi connectivity index (χ4n) is 2.82. The lowest BCUT2D eigenvalue weighted by Gasteiger charge is -2.21. The van der Waals surface area contributed by atoms with Crippen LogP contribution in [0.4, 0.5) is 5.69 Å². The zero-order valence-corrected chi connectivity index (χ0v) is 15.4. The second-order valence-electron chi connectivity index (χ2n) is 6.24. The monoisotopic (exact) mass is 381 g/mol. The summed E-state index contributed by atoms with van der Waals surface area (Å²) < 4.78 is 6.03. The number of aromatic nitrogens is 2. The van der Waals surface area contributed by atoms with Gasteiger partial charge in [-0.3, -0.25) is 24.3 Å². The summed E-state index contributed by atoms with van der Waals surface area (Å²) in [5, 5.41) is 2.79. The number of ether oxygens (including phenoxy) is 1. The molecule has 8 nitrogen and oxygen atoms in total. The van der Waals surface area contributed by atoms with E-state index in [1.165, 1.54) is 24.0 Å². The molecule has 0 saturated heterocycles. The van der Waals surface area contributed by atoms with Crippen molar-refractivity contribution in [3.63, 3.8) is 0 Å². The molecule has 0 fully saturated rings. The first-order valence-electron chi connectivity index (χ1n) is 8.62. The number of nitrogens with zero attached hydrogens (tertiary/aromatic N) is 2. The van der Waals surface area contributed by atoms with Crippen molar-refractivity contribution < 1.29 is 14.3 Å². The van der Waals surface area contributed by atoms with E-state index in [1.54, 1.807) is 43.4 Å². The highest BCUT2D eigenvalue weighted by atomic mass is 16.5. The highest BCUT2D eigenvalue weighted by Gasteiger charge is 2.23. The third-order valence-electron chi connectivity index (χ3n) is 4.30. The molecule has 1 atom stereocenters. The molecule has 8 heteroatoms. The third kappa shape index (κ3) is 3.85. The summed E-state index contributed by atoms with van der Waals surface area (Å²) in [5.74, 6) is -1.23. The molecule has 0 bridgehead atoms. The van der Waals surface area contributed by atoms with E-state index < -0.39 is 35.6 Å². The Morgan fingerprint density at radius 2 is 1.64 bits per heavy atom. The van der Waals surface area contributed by atoms with Crippen LogP contribution >= 0.6 is 0 Å². The smallest absolute Gasteiger partial charge is 0.328 e. The van der Waals surface area contributed by atoms with Crippen LogP contribution in [0, 0.1) is 0 Å². The number of likely N-dealkylation sites (N-methyl/N-ethyl adjacent to an activating group) is 1. The van der Waals surface area contributed by atoms with Gasteiger partial charge in [0, 0.05) is 12.7 Å². The first-order chi connectivity index (χ1) is 13.4. The van der Waals surface area contributed by atoms with Crippen molar-refractivity contribution in [2.75, 3.05) is 11.9 Å². The van der Waals surface area contributed by atoms with Gasteiger partial charge in [-0.1, -0.05) is 30.3 Å². The van der Waals surface area contributed by atoms with Crippen molar-refractivity contribution in [1.82, 2.24) is 9.78 Å². The van der Waals surface area contributed by atoms with Gasteiger partial charge in [0.15, 0.2) is 6.10 Å². The van der Waals surface area contributed by atoms with Crippen molar-refractivity contribution >= 4 is 28.3 Å². The summed E-state index contributed by atoms with van der Waals surface area (Å²) in [6, 6.07) is 15.2. The molecular weight excluding hydrogens is 362 g/mol. The molecule has 0 spiro atoms. The Morgan fingerprint density at radius 1 is 1.04 bits per heavy atom. The number of nitrogens with one attached hydrogen (secondary N) is 1. The van der Waals surface area contributed by atoms with Crippen LogP contribution in [0.2, 0.25) is 0 Å². The number of hydrogen-bond acceptors (Lipinski definition) is 5. The number of esters is 1. The molecule has 0 saturated carbocycles. The number of fused-ring (bicyclic) bond motifs is 1. The van der Waals surface area contributed by atoms with Crippen molar-refractivity contribution in [3.8, 4) is 0 Å². The number of para-hydroxylation sites is 1. The molecule has 28 heavy (non-hydrogen) atoms. The summed E-state index contributed by atoms with van der Waals surface area (Å²) in [4.78, 5) is 50.6. The molecule has 1 N–H and O–H groups in total. The third-order valence-corrected chi connectivity index (χ3v) is 4.30. The van der Waals surface area contributed by atoms with Gasteiger partial charge >= 0.3 is 5.97 Å². The largest absolute Gasteiger partial charge is 0.451 e. The first kappa shape index (κ1) is 19.1. The van der Waals surface area contributed by atoms with Gasteiger partial charge in [0.1, 0.15) is 6.54 Å². The minimum atomic E-state index is -1.06. The van der Waals surface area contributed by atoms with Gasteiger partial charge in [0.2, 0.25) is 0 Å². The number of anilines is 1. The minimum absolute atomic E-state index is 0.201. The number of benzene rings is 2. The molecule has 1 unspecified atom stereocenters. The van der Waals surface area contributed by atoms with Gasteiger partial charge in [-0.15, -0.1) is 0 Å². The number of rotatable bonds is 5. The van der Waals surface area contributed by atoms with Crippen molar-refractivity contribution in [2.45, 2.75) is 19.6 Å². The fourth-order valence-corrected chi connectivity index (χ4v) is 2.82. The van der Waals surface area contributed by atoms with E-state index in [4.69, 9.17) is 4.74 Å². The molecular formula is C20H19N3O5. The van der Waals surface area contributed by atoms with Gasteiger partial charge in [-0.2, -0.15) is 0 Å². The minimum Gasteiger partial charge on any atom is -0.451 e. The number of carbonyl (C=O) groups excluding carboxylic acids is 2. The maximum absolute atomic E-state index is 12.4. The fraction of sp³-hybridized carbons (Fsp3) is 0.200. The van der Waals surface area contributed by atoms with Crippen LogP contribution in [0.15, 0.2) is 64.2 Å².